The van der Waals surface area contributed by atoms with Crippen LogP contribution in [0.4, 0.5) is 5.69 Å². The molecule has 2 N–H and O–H groups in total. The normalized spacial score (nSPS) is 11.5. The topological polar surface area (TPSA) is 136 Å². The third-order valence-corrected chi connectivity index (χ3v) is 2.66. The van der Waals surface area contributed by atoms with Crippen molar-refractivity contribution in [1.82, 2.24) is 5.48 Å². The first-order chi connectivity index (χ1) is 9.31. The monoisotopic (exact) mass is 302 g/mol. The highest BCUT2D eigenvalue weighted by Crippen LogP contribution is 2.21. The lowest BCUT2D eigenvalue weighted by molar-refractivity contribution is -0.385. The molecule has 0 fully saturated rings. The molecule has 1 amide bonds. The standard InChI is InChI=1S/C10H10N2O7S/c1-6(13)19-11-10(14)8-3-2-7(5-20(17)18)4-9(8)12(15)16/h2-4H,5H2,1H3,(H,11,14)(H,17,18). The van der Waals surface area contributed by atoms with E-state index in [4.69, 9.17) is 4.55 Å². The minimum Gasteiger partial charge on any atom is -0.341 e. The summed E-state index contributed by atoms with van der Waals surface area (Å²) in [7, 11) is 0. The van der Waals surface area contributed by atoms with Gasteiger partial charge in [0.2, 0.25) is 0 Å². The fourth-order valence-corrected chi connectivity index (χ4v) is 1.79. The van der Waals surface area contributed by atoms with Gasteiger partial charge in [-0.1, -0.05) is 6.07 Å². The van der Waals surface area contributed by atoms with E-state index in [1.54, 1.807) is 5.48 Å². The largest absolute Gasteiger partial charge is 0.341 e. The quantitative estimate of drug-likeness (QED) is 0.470. The highest BCUT2D eigenvalue weighted by Gasteiger charge is 2.21. The molecule has 1 aromatic carbocycles. The van der Waals surface area contributed by atoms with Crippen molar-refractivity contribution >= 4 is 28.6 Å². The number of hydroxylamine groups is 1. The van der Waals surface area contributed by atoms with E-state index in [-0.39, 0.29) is 16.9 Å². The number of amides is 1. The second-order valence-electron chi connectivity index (χ2n) is 3.60. The van der Waals surface area contributed by atoms with E-state index in [9.17, 15) is 23.9 Å². The number of benzene rings is 1. The fourth-order valence-electron chi connectivity index (χ4n) is 1.33. The molecule has 0 saturated heterocycles. The predicted molar refractivity (Wildman–Crippen MR) is 66.8 cm³/mol. The number of nitro groups is 1. The molecule has 0 aliphatic rings. The Hall–Kier alpha value is -2.33. The fraction of sp³-hybridized carbons (Fsp3) is 0.200. The molecule has 9 nitrogen and oxygen atoms in total. The SMILES string of the molecule is CC(=O)ONC(=O)c1ccc(CS(=O)O)cc1[N+](=O)[O-]. The molecule has 0 spiro atoms. The van der Waals surface area contributed by atoms with Crippen molar-refractivity contribution in [2.24, 2.45) is 0 Å². The molecule has 108 valence electrons. The first-order valence-corrected chi connectivity index (χ1v) is 6.41. The molecular weight excluding hydrogens is 292 g/mol. The van der Waals surface area contributed by atoms with E-state index >= 15 is 0 Å². The minimum atomic E-state index is -2.16. The number of carbonyl (C=O) groups excluding carboxylic acids is 2. The maximum Gasteiger partial charge on any atom is 0.329 e. The van der Waals surface area contributed by atoms with E-state index in [2.05, 4.69) is 4.84 Å². The van der Waals surface area contributed by atoms with Crippen LogP contribution in [0.5, 0.6) is 0 Å². The van der Waals surface area contributed by atoms with Gasteiger partial charge in [0.25, 0.3) is 11.6 Å². The summed E-state index contributed by atoms with van der Waals surface area (Å²) in [5.74, 6) is -2.05. The van der Waals surface area contributed by atoms with Gasteiger partial charge in [-0.15, -0.1) is 0 Å². The van der Waals surface area contributed by atoms with E-state index in [0.29, 0.717) is 0 Å². The second kappa shape index (κ2) is 6.73. The zero-order valence-corrected chi connectivity index (χ0v) is 11.0. The number of rotatable bonds is 4. The van der Waals surface area contributed by atoms with Crippen molar-refractivity contribution in [2.75, 3.05) is 0 Å². The Balaban J connectivity index is 3.06. The summed E-state index contributed by atoms with van der Waals surface area (Å²) in [4.78, 5) is 36.5. The second-order valence-corrected chi connectivity index (χ2v) is 4.53. The Morgan fingerprint density at radius 2 is 2.15 bits per heavy atom. The Bertz CT molecular complexity index is 587. The van der Waals surface area contributed by atoms with Crippen molar-refractivity contribution in [2.45, 2.75) is 12.7 Å². The number of nitro benzene ring substituents is 1. The smallest absolute Gasteiger partial charge is 0.329 e. The maximum atomic E-state index is 11.6. The summed E-state index contributed by atoms with van der Waals surface area (Å²) in [5.41, 5.74) is 1.09. The van der Waals surface area contributed by atoms with Gasteiger partial charge in [0.15, 0.2) is 11.1 Å². The third-order valence-electron chi connectivity index (χ3n) is 2.08. The van der Waals surface area contributed by atoms with Gasteiger partial charge in [-0.05, 0) is 11.6 Å². The van der Waals surface area contributed by atoms with Crippen molar-refractivity contribution < 1.29 is 28.1 Å². The summed E-state index contributed by atoms with van der Waals surface area (Å²) in [6.45, 7) is 1.05. The van der Waals surface area contributed by atoms with Crippen molar-refractivity contribution in [3.63, 3.8) is 0 Å². The Kier molecular flexibility index (Phi) is 5.29. The highest BCUT2D eigenvalue weighted by atomic mass is 32.2. The van der Waals surface area contributed by atoms with Crippen LogP contribution in [0.1, 0.15) is 22.8 Å². The molecule has 20 heavy (non-hydrogen) atoms. The zero-order valence-electron chi connectivity index (χ0n) is 10.2. The van der Waals surface area contributed by atoms with Gasteiger partial charge in [0.05, 0.1) is 10.7 Å². The molecule has 1 aromatic rings. The molecule has 0 bridgehead atoms. The molecule has 0 heterocycles. The van der Waals surface area contributed by atoms with Crippen molar-refractivity contribution in [3.05, 3.63) is 39.4 Å². The summed E-state index contributed by atoms with van der Waals surface area (Å²) in [6, 6.07) is 3.42. The summed E-state index contributed by atoms with van der Waals surface area (Å²) in [6.07, 6.45) is 0. The summed E-state index contributed by atoms with van der Waals surface area (Å²) < 4.78 is 19.4. The van der Waals surface area contributed by atoms with Crippen LogP contribution in [0.3, 0.4) is 0 Å². The molecule has 1 atom stereocenters. The Morgan fingerprint density at radius 3 is 2.65 bits per heavy atom. The zero-order chi connectivity index (χ0) is 15.3. The van der Waals surface area contributed by atoms with Crippen LogP contribution in [-0.4, -0.2) is 25.6 Å². The number of nitrogens with one attached hydrogen (secondary N) is 1. The Labute approximate surface area is 115 Å². The molecule has 10 heteroatoms. The molecular formula is C10H10N2O7S. The lowest BCUT2D eigenvalue weighted by atomic mass is 10.1. The molecule has 0 aromatic heterocycles. The van der Waals surface area contributed by atoms with Crippen LogP contribution in [-0.2, 0) is 26.5 Å². The van der Waals surface area contributed by atoms with Crippen LogP contribution >= 0.6 is 0 Å². The van der Waals surface area contributed by atoms with Gasteiger partial charge in [-0.25, -0.2) is 4.21 Å². The van der Waals surface area contributed by atoms with Crippen LogP contribution in [0, 0.1) is 10.1 Å². The van der Waals surface area contributed by atoms with Crippen LogP contribution in [0.15, 0.2) is 18.2 Å². The lowest BCUT2D eigenvalue weighted by Gasteiger charge is -2.05. The molecule has 0 aliphatic carbocycles. The lowest BCUT2D eigenvalue weighted by Crippen LogP contribution is -2.26. The maximum absolute atomic E-state index is 11.6. The minimum absolute atomic E-state index is 0.224. The van der Waals surface area contributed by atoms with E-state index in [0.717, 1.165) is 19.1 Å². The van der Waals surface area contributed by atoms with E-state index < -0.39 is 33.6 Å². The van der Waals surface area contributed by atoms with Crippen LogP contribution in [0.2, 0.25) is 0 Å². The summed E-state index contributed by atoms with van der Waals surface area (Å²) in [5, 5.41) is 10.9. The number of carbonyl (C=O) groups is 2. The number of hydrogen-bond acceptors (Lipinski definition) is 6. The molecule has 1 unspecified atom stereocenters. The van der Waals surface area contributed by atoms with Gasteiger partial charge >= 0.3 is 5.97 Å². The van der Waals surface area contributed by atoms with E-state index in [1.165, 1.54) is 6.07 Å². The first kappa shape index (κ1) is 15.7. The van der Waals surface area contributed by atoms with Gasteiger partial charge < -0.3 is 9.39 Å². The van der Waals surface area contributed by atoms with Crippen LogP contribution < -0.4 is 5.48 Å². The predicted octanol–water partition coefficient (Wildman–Crippen LogP) is 0.524. The van der Waals surface area contributed by atoms with Gasteiger partial charge in [0.1, 0.15) is 5.56 Å². The van der Waals surface area contributed by atoms with Crippen molar-refractivity contribution in [1.29, 1.82) is 0 Å². The highest BCUT2D eigenvalue weighted by molar-refractivity contribution is 7.78. The average Bonchev–Trinajstić information content (AvgIpc) is 2.35. The van der Waals surface area contributed by atoms with Crippen molar-refractivity contribution in [3.8, 4) is 0 Å². The third kappa shape index (κ3) is 4.40. The van der Waals surface area contributed by atoms with Gasteiger partial charge in [0, 0.05) is 13.0 Å². The molecule has 1 rings (SSSR count). The van der Waals surface area contributed by atoms with Gasteiger partial charge in [-0.3, -0.25) is 19.7 Å². The average molecular weight is 302 g/mol. The Morgan fingerprint density at radius 1 is 1.50 bits per heavy atom. The first-order valence-electron chi connectivity index (χ1n) is 5.13. The number of hydrogen-bond donors (Lipinski definition) is 2. The van der Waals surface area contributed by atoms with Gasteiger partial charge in [-0.2, -0.15) is 5.48 Å². The molecule has 0 aliphatic heterocycles. The van der Waals surface area contributed by atoms with E-state index in [1.807, 2.05) is 0 Å². The molecule has 0 radical (unpaired) electrons. The molecule has 0 saturated carbocycles. The van der Waals surface area contributed by atoms with Crippen LogP contribution in [0.25, 0.3) is 0 Å². The summed E-state index contributed by atoms with van der Waals surface area (Å²) >= 11 is -2.16. The number of nitrogens with zero attached hydrogens (tertiary/aromatic N) is 1.